The van der Waals surface area contributed by atoms with Crippen LogP contribution in [0.25, 0.3) is 0 Å². The first-order valence-corrected chi connectivity index (χ1v) is 8.21. The van der Waals surface area contributed by atoms with Crippen LogP contribution in [0.1, 0.15) is 38.5 Å². The van der Waals surface area contributed by atoms with E-state index in [1.54, 1.807) is 11.8 Å². The molecule has 0 radical (unpaired) electrons. The summed E-state index contributed by atoms with van der Waals surface area (Å²) in [6, 6.07) is -0.650. The van der Waals surface area contributed by atoms with Gasteiger partial charge in [0.15, 0.2) is 0 Å². The minimum absolute atomic E-state index is 0.195. The second kappa shape index (κ2) is 7.03. The van der Waals surface area contributed by atoms with E-state index in [1.165, 1.54) is 17.7 Å². The Morgan fingerprint density at radius 1 is 1.16 bits per heavy atom. The van der Waals surface area contributed by atoms with Crippen LogP contribution in [-0.2, 0) is 4.79 Å². The van der Waals surface area contributed by atoms with Crippen LogP contribution >= 0.6 is 11.8 Å². The van der Waals surface area contributed by atoms with Crippen molar-refractivity contribution in [2.75, 3.05) is 18.1 Å². The zero-order valence-corrected chi connectivity index (χ0v) is 12.0. The molecule has 0 aromatic rings. The van der Waals surface area contributed by atoms with E-state index in [-0.39, 0.29) is 12.1 Å². The van der Waals surface area contributed by atoms with E-state index in [0.29, 0.717) is 12.3 Å². The zero-order valence-electron chi connectivity index (χ0n) is 11.1. The number of carbonyl (C=O) groups is 2. The van der Waals surface area contributed by atoms with E-state index in [4.69, 9.17) is 0 Å². The highest BCUT2D eigenvalue weighted by molar-refractivity contribution is 7.99. The average molecular weight is 286 g/mol. The predicted molar refractivity (Wildman–Crippen MR) is 75.5 cm³/mol. The molecule has 2 N–H and O–H groups in total. The highest BCUT2D eigenvalue weighted by atomic mass is 32.2. The SMILES string of the molecule is O=C(O)C1CSCCN1C(=O)NC1CCCCCC1. The lowest BCUT2D eigenvalue weighted by Gasteiger charge is -2.33. The van der Waals surface area contributed by atoms with Crippen LogP contribution in [0.2, 0.25) is 0 Å². The maximum Gasteiger partial charge on any atom is 0.327 e. The van der Waals surface area contributed by atoms with Gasteiger partial charge in [0.05, 0.1) is 0 Å². The largest absolute Gasteiger partial charge is 0.480 e. The van der Waals surface area contributed by atoms with Gasteiger partial charge in [-0.2, -0.15) is 11.8 Å². The second-order valence-corrected chi connectivity index (χ2v) is 6.41. The van der Waals surface area contributed by atoms with Crippen molar-refractivity contribution in [1.82, 2.24) is 10.2 Å². The number of thioether (sulfide) groups is 1. The lowest BCUT2D eigenvalue weighted by molar-refractivity contribution is -0.141. The van der Waals surface area contributed by atoms with Crippen molar-refractivity contribution in [3.8, 4) is 0 Å². The molecule has 5 nitrogen and oxygen atoms in total. The molecule has 0 bridgehead atoms. The molecule has 6 heteroatoms. The Labute approximate surface area is 118 Å². The van der Waals surface area contributed by atoms with Gasteiger partial charge in [0, 0.05) is 24.1 Å². The topological polar surface area (TPSA) is 69.6 Å². The lowest BCUT2D eigenvalue weighted by atomic mass is 10.1. The van der Waals surface area contributed by atoms with Crippen molar-refractivity contribution in [2.45, 2.75) is 50.6 Å². The molecular formula is C13H22N2O3S. The van der Waals surface area contributed by atoms with Crippen LogP contribution in [0.15, 0.2) is 0 Å². The quantitative estimate of drug-likeness (QED) is 0.761. The molecule has 2 rings (SSSR count). The third kappa shape index (κ3) is 4.03. The van der Waals surface area contributed by atoms with Crippen LogP contribution in [0.3, 0.4) is 0 Å². The molecule has 0 aromatic heterocycles. The molecule has 19 heavy (non-hydrogen) atoms. The van der Waals surface area contributed by atoms with Crippen molar-refractivity contribution in [1.29, 1.82) is 0 Å². The molecule has 1 heterocycles. The number of carbonyl (C=O) groups excluding carboxylic acids is 1. The first-order chi connectivity index (χ1) is 9.18. The minimum Gasteiger partial charge on any atom is -0.480 e. The van der Waals surface area contributed by atoms with Gasteiger partial charge in [-0.3, -0.25) is 0 Å². The monoisotopic (exact) mass is 286 g/mol. The fourth-order valence-electron chi connectivity index (χ4n) is 2.73. The van der Waals surface area contributed by atoms with Crippen molar-refractivity contribution in [3.63, 3.8) is 0 Å². The molecule has 1 aliphatic carbocycles. The molecule has 1 aliphatic heterocycles. The Kier molecular flexibility index (Phi) is 5.36. The van der Waals surface area contributed by atoms with E-state index in [2.05, 4.69) is 5.32 Å². The summed E-state index contributed by atoms with van der Waals surface area (Å²) in [5, 5.41) is 12.2. The summed E-state index contributed by atoms with van der Waals surface area (Å²) in [4.78, 5) is 24.9. The van der Waals surface area contributed by atoms with Gasteiger partial charge < -0.3 is 15.3 Å². The summed E-state index contributed by atoms with van der Waals surface area (Å²) >= 11 is 1.60. The highest BCUT2D eigenvalue weighted by Gasteiger charge is 2.33. The predicted octanol–water partition coefficient (Wildman–Crippen LogP) is 1.92. The van der Waals surface area contributed by atoms with Gasteiger partial charge in [-0.15, -0.1) is 0 Å². The molecule has 0 aromatic carbocycles. The van der Waals surface area contributed by atoms with E-state index in [9.17, 15) is 14.7 Å². The van der Waals surface area contributed by atoms with Gasteiger partial charge in [0.1, 0.15) is 6.04 Å². The normalized spacial score (nSPS) is 25.7. The molecule has 0 spiro atoms. The number of carboxylic acid groups (broad SMARTS) is 1. The maximum atomic E-state index is 12.2. The maximum absolute atomic E-state index is 12.2. The molecule has 1 saturated heterocycles. The Morgan fingerprint density at radius 2 is 1.84 bits per heavy atom. The Balaban J connectivity index is 1.91. The smallest absolute Gasteiger partial charge is 0.327 e. The van der Waals surface area contributed by atoms with Crippen molar-refractivity contribution >= 4 is 23.8 Å². The van der Waals surface area contributed by atoms with Crippen LogP contribution in [0, 0.1) is 0 Å². The van der Waals surface area contributed by atoms with E-state index >= 15 is 0 Å². The number of amides is 2. The standard InChI is InChI=1S/C13H22N2O3S/c16-12(17)11-9-19-8-7-15(11)13(18)14-10-5-3-1-2-4-6-10/h10-11H,1-9H2,(H,14,18)(H,16,17). The molecule has 108 valence electrons. The second-order valence-electron chi connectivity index (χ2n) is 5.26. The number of nitrogens with zero attached hydrogens (tertiary/aromatic N) is 1. The number of rotatable bonds is 2. The summed E-state index contributed by atoms with van der Waals surface area (Å²) in [5.74, 6) is 0.415. The minimum atomic E-state index is -0.900. The highest BCUT2D eigenvalue weighted by Crippen LogP contribution is 2.20. The molecular weight excluding hydrogens is 264 g/mol. The van der Waals surface area contributed by atoms with Crippen LogP contribution in [0.4, 0.5) is 4.79 Å². The number of urea groups is 1. The summed E-state index contributed by atoms with van der Waals surface area (Å²) in [6.45, 7) is 0.528. The van der Waals surface area contributed by atoms with Gasteiger partial charge in [0.2, 0.25) is 0 Å². The number of aliphatic carboxylic acids is 1. The van der Waals surface area contributed by atoms with Crippen LogP contribution in [-0.4, -0.2) is 52.1 Å². The third-order valence-corrected chi connectivity index (χ3v) is 4.88. The zero-order chi connectivity index (χ0) is 13.7. The summed E-state index contributed by atoms with van der Waals surface area (Å²) in [6.07, 6.45) is 6.83. The summed E-state index contributed by atoms with van der Waals surface area (Å²) in [7, 11) is 0. The Morgan fingerprint density at radius 3 is 2.47 bits per heavy atom. The number of carboxylic acids is 1. The van der Waals surface area contributed by atoms with Crippen molar-refractivity contribution in [3.05, 3.63) is 0 Å². The fourth-order valence-corrected chi connectivity index (χ4v) is 3.77. The first kappa shape index (κ1) is 14.5. The van der Waals surface area contributed by atoms with Gasteiger partial charge in [-0.25, -0.2) is 9.59 Å². The summed E-state index contributed by atoms with van der Waals surface area (Å²) in [5.41, 5.74) is 0. The van der Waals surface area contributed by atoms with Gasteiger partial charge in [-0.05, 0) is 12.8 Å². The third-order valence-electron chi connectivity index (χ3n) is 3.86. The van der Waals surface area contributed by atoms with Gasteiger partial charge in [-0.1, -0.05) is 25.7 Å². The van der Waals surface area contributed by atoms with E-state index < -0.39 is 12.0 Å². The fraction of sp³-hybridized carbons (Fsp3) is 0.846. The molecule has 2 fully saturated rings. The molecule has 1 saturated carbocycles. The van der Waals surface area contributed by atoms with Crippen molar-refractivity contribution < 1.29 is 14.7 Å². The summed E-state index contributed by atoms with van der Waals surface area (Å²) < 4.78 is 0. The Bertz CT molecular complexity index is 330. The van der Waals surface area contributed by atoms with Crippen molar-refractivity contribution in [2.24, 2.45) is 0 Å². The molecule has 2 amide bonds. The average Bonchev–Trinajstić information content (AvgIpc) is 2.67. The van der Waals surface area contributed by atoms with Gasteiger partial charge >= 0.3 is 12.0 Å². The Hall–Kier alpha value is -0.910. The molecule has 1 unspecified atom stereocenters. The van der Waals surface area contributed by atoms with Gasteiger partial charge in [0.25, 0.3) is 0 Å². The lowest BCUT2D eigenvalue weighted by Crippen LogP contribution is -2.55. The first-order valence-electron chi connectivity index (χ1n) is 7.06. The number of hydrogen-bond acceptors (Lipinski definition) is 3. The number of nitrogens with one attached hydrogen (secondary N) is 1. The van der Waals surface area contributed by atoms with E-state index in [1.807, 2.05) is 0 Å². The number of hydrogen-bond donors (Lipinski definition) is 2. The molecule has 1 atom stereocenters. The van der Waals surface area contributed by atoms with Crippen LogP contribution in [0.5, 0.6) is 0 Å². The molecule has 2 aliphatic rings. The van der Waals surface area contributed by atoms with E-state index in [0.717, 1.165) is 31.4 Å². The van der Waals surface area contributed by atoms with Crippen LogP contribution < -0.4 is 5.32 Å².